The van der Waals surface area contributed by atoms with Crippen LogP contribution in [0.2, 0.25) is 0 Å². The smallest absolute Gasteiger partial charge is 0.161 e. The number of aliphatic hydroxyl groups is 1. The zero-order valence-corrected chi connectivity index (χ0v) is 17.2. The van der Waals surface area contributed by atoms with E-state index in [0.29, 0.717) is 24.8 Å². The number of hydrogen-bond acceptors (Lipinski definition) is 5. The van der Waals surface area contributed by atoms with Crippen molar-refractivity contribution in [3.8, 4) is 17.2 Å². The number of aromatic nitrogens is 1. The molecule has 3 aromatic rings. The molecule has 1 aromatic heterocycles. The molecule has 6 heteroatoms. The first-order valence-corrected chi connectivity index (χ1v) is 10.6. The summed E-state index contributed by atoms with van der Waals surface area (Å²) >= 11 is 0. The van der Waals surface area contributed by atoms with Gasteiger partial charge in [0.15, 0.2) is 17.6 Å². The minimum Gasteiger partial charge on any atom is -0.497 e. The Balaban J connectivity index is 1.19. The molecule has 0 radical (unpaired) electrons. The van der Waals surface area contributed by atoms with Crippen LogP contribution in [0.3, 0.4) is 0 Å². The number of para-hydroxylation sites is 2. The number of piperidine rings is 1. The number of hydrogen-bond donors (Lipinski definition) is 2. The second-order valence-corrected chi connectivity index (χ2v) is 8.21. The first-order valence-electron chi connectivity index (χ1n) is 10.6. The van der Waals surface area contributed by atoms with Crippen LogP contribution in [-0.4, -0.2) is 60.5 Å². The molecule has 0 saturated carbocycles. The van der Waals surface area contributed by atoms with Crippen molar-refractivity contribution in [1.82, 2.24) is 9.88 Å². The average Bonchev–Trinajstić information content (AvgIpc) is 3.22. The molecule has 30 heavy (non-hydrogen) atoms. The van der Waals surface area contributed by atoms with Crippen LogP contribution in [0.4, 0.5) is 0 Å². The molecule has 0 aliphatic carbocycles. The highest BCUT2D eigenvalue weighted by Crippen LogP contribution is 2.35. The summed E-state index contributed by atoms with van der Waals surface area (Å²) in [6.07, 6.45) is 3.37. The van der Waals surface area contributed by atoms with Crippen LogP contribution in [0.15, 0.2) is 48.7 Å². The number of nitrogens with zero attached hydrogens (tertiary/aromatic N) is 1. The van der Waals surface area contributed by atoms with Gasteiger partial charge < -0.3 is 29.2 Å². The minimum atomic E-state index is -0.577. The summed E-state index contributed by atoms with van der Waals surface area (Å²) in [6.45, 7) is 2.90. The van der Waals surface area contributed by atoms with Crippen LogP contribution >= 0.6 is 0 Å². The maximum atomic E-state index is 10.7. The molecule has 2 atom stereocenters. The van der Waals surface area contributed by atoms with Gasteiger partial charge in [-0.2, -0.15) is 0 Å². The second-order valence-electron chi connectivity index (χ2n) is 8.21. The number of rotatable bonds is 5. The number of β-amino-alcohol motifs (C(OH)–C–C–N with tert-alkyl or cyclic N) is 1. The fraction of sp³-hybridized carbons (Fsp3) is 0.417. The van der Waals surface area contributed by atoms with E-state index >= 15 is 0 Å². The van der Waals surface area contributed by atoms with Gasteiger partial charge >= 0.3 is 0 Å². The Bertz CT molecular complexity index is 1010. The van der Waals surface area contributed by atoms with Crippen molar-refractivity contribution in [2.24, 2.45) is 0 Å². The summed E-state index contributed by atoms with van der Waals surface area (Å²) in [4.78, 5) is 5.73. The Hall–Kier alpha value is -2.70. The number of aromatic amines is 1. The lowest BCUT2D eigenvalue weighted by molar-refractivity contribution is -0.0280. The van der Waals surface area contributed by atoms with E-state index in [2.05, 4.69) is 28.2 Å². The number of nitrogens with one attached hydrogen (secondary N) is 1. The molecule has 0 spiro atoms. The third-order valence-electron chi connectivity index (χ3n) is 6.35. The Morgan fingerprint density at radius 1 is 1.17 bits per heavy atom. The van der Waals surface area contributed by atoms with Crippen LogP contribution in [-0.2, 0) is 0 Å². The second kappa shape index (κ2) is 8.20. The molecule has 1 saturated heterocycles. The fourth-order valence-corrected chi connectivity index (χ4v) is 4.62. The summed E-state index contributed by atoms with van der Waals surface area (Å²) < 4.78 is 17.1. The number of fused-ring (bicyclic) bond motifs is 2. The topological polar surface area (TPSA) is 67.0 Å². The maximum absolute atomic E-state index is 10.7. The van der Waals surface area contributed by atoms with Crippen molar-refractivity contribution >= 4 is 10.9 Å². The van der Waals surface area contributed by atoms with Crippen molar-refractivity contribution in [2.75, 3.05) is 33.4 Å². The van der Waals surface area contributed by atoms with Crippen LogP contribution < -0.4 is 14.2 Å². The number of methoxy groups -OCH3 is 1. The van der Waals surface area contributed by atoms with Gasteiger partial charge in [-0.05, 0) is 67.7 Å². The van der Waals surface area contributed by atoms with Gasteiger partial charge in [0, 0.05) is 23.6 Å². The number of benzene rings is 2. The van der Waals surface area contributed by atoms with E-state index in [1.54, 1.807) is 7.11 Å². The lowest BCUT2D eigenvalue weighted by Crippen LogP contribution is -2.47. The van der Waals surface area contributed by atoms with Gasteiger partial charge in [0.25, 0.3) is 0 Å². The zero-order chi connectivity index (χ0) is 20.5. The third kappa shape index (κ3) is 3.73. The largest absolute Gasteiger partial charge is 0.497 e. The molecule has 158 valence electrons. The lowest BCUT2D eigenvalue weighted by Gasteiger charge is -2.36. The zero-order valence-electron chi connectivity index (χ0n) is 17.2. The normalized spacial score (nSPS) is 20.9. The monoisotopic (exact) mass is 408 g/mol. The Morgan fingerprint density at radius 3 is 2.77 bits per heavy atom. The highest BCUT2D eigenvalue weighted by Gasteiger charge is 2.30. The molecule has 2 aliphatic rings. The van der Waals surface area contributed by atoms with E-state index in [-0.39, 0.29) is 6.10 Å². The van der Waals surface area contributed by atoms with Gasteiger partial charge in [-0.15, -0.1) is 0 Å². The highest BCUT2D eigenvalue weighted by molar-refractivity contribution is 5.85. The summed E-state index contributed by atoms with van der Waals surface area (Å²) in [5.74, 6) is 2.86. The van der Waals surface area contributed by atoms with Crippen LogP contribution in [0, 0.1) is 0 Å². The molecule has 6 nitrogen and oxygen atoms in total. The van der Waals surface area contributed by atoms with E-state index < -0.39 is 6.10 Å². The number of likely N-dealkylation sites (tertiary alicyclic amines) is 1. The first-order chi connectivity index (χ1) is 14.7. The van der Waals surface area contributed by atoms with Gasteiger partial charge in [0.1, 0.15) is 18.5 Å². The Morgan fingerprint density at radius 2 is 1.97 bits per heavy atom. The molecule has 1 fully saturated rings. The van der Waals surface area contributed by atoms with Crippen molar-refractivity contribution in [3.63, 3.8) is 0 Å². The van der Waals surface area contributed by atoms with E-state index in [9.17, 15) is 5.11 Å². The molecular formula is C24H28N2O4. The molecule has 2 aromatic carbocycles. The van der Waals surface area contributed by atoms with Gasteiger partial charge in [0.05, 0.1) is 7.11 Å². The molecule has 3 heterocycles. The fourth-order valence-electron chi connectivity index (χ4n) is 4.62. The van der Waals surface area contributed by atoms with Crippen molar-refractivity contribution < 1.29 is 19.3 Å². The van der Waals surface area contributed by atoms with Crippen molar-refractivity contribution in [1.29, 1.82) is 0 Å². The highest BCUT2D eigenvalue weighted by atomic mass is 16.6. The molecule has 2 unspecified atom stereocenters. The van der Waals surface area contributed by atoms with Crippen LogP contribution in [0.5, 0.6) is 17.2 Å². The third-order valence-corrected chi connectivity index (χ3v) is 6.35. The Kier molecular flexibility index (Phi) is 5.27. The average molecular weight is 408 g/mol. The number of H-pyrrole nitrogens is 1. The minimum absolute atomic E-state index is 0.335. The van der Waals surface area contributed by atoms with Crippen LogP contribution in [0.25, 0.3) is 10.9 Å². The molecule has 2 aliphatic heterocycles. The number of aliphatic hydroxyl groups excluding tert-OH is 1. The quantitative estimate of drug-likeness (QED) is 0.676. The van der Waals surface area contributed by atoms with Gasteiger partial charge in [-0.25, -0.2) is 0 Å². The summed E-state index contributed by atoms with van der Waals surface area (Å²) in [5.41, 5.74) is 2.52. The lowest BCUT2D eigenvalue weighted by atomic mass is 9.89. The van der Waals surface area contributed by atoms with E-state index in [1.807, 2.05) is 30.3 Å². The molecule has 0 bridgehead atoms. The predicted octanol–water partition coefficient (Wildman–Crippen LogP) is 3.56. The van der Waals surface area contributed by atoms with Gasteiger partial charge in [0.2, 0.25) is 0 Å². The summed E-state index contributed by atoms with van der Waals surface area (Å²) in [5, 5.41) is 12.0. The van der Waals surface area contributed by atoms with E-state index in [0.717, 1.165) is 42.9 Å². The SMILES string of the molecule is COc1ccc2[nH]cc(C3CCN(CC(O)C4COc5ccccc5O4)CC3)c2c1. The standard InChI is InChI=1S/C24H28N2O4/c1-28-17-6-7-20-18(12-17)19(13-25-20)16-8-10-26(11-9-16)14-21(27)24-15-29-22-4-2-3-5-23(22)30-24/h2-7,12-13,16,21,24-25,27H,8-11,14-15H2,1H3. The van der Waals surface area contributed by atoms with E-state index in [1.165, 1.54) is 10.9 Å². The molecular weight excluding hydrogens is 380 g/mol. The first kappa shape index (κ1) is 19.3. The molecule has 2 N–H and O–H groups in total. The Labute approximate surface area is 176 Å². The van der Waals surface area contributed by atoms with E-state index in [4.69, 9.17) is 14.2 Å². The predicted molar refractivity (Wildman–Crippen MR) is 116 cm³/mol. The summed E-state index contributed by atoms with van der Waals surface area (Å²) in [6, 6.07) is 13.8. The van der Waals surface area contributed by atoms with Crippen LogP contribution in [0.1, 0.15) is 24.3 Å². The van der Waals surface area contributed by atoms with Gasteiger partial charge in [-0.3, -0.25) is 0 Å². The number of ether oxygens (including phenoxy) is 3. The maximum Gasteiger partial charge on any atom is 0.161 e. The summed E-state index contributed by atoms with van der Waals surface area (Å²) in [7, 11) is 1.71. The molecule has 0 amide bonds. The van der Waals surface area contributed by atoms with Crippen molar-refractivity contribution in [2.45, 2.75) is 31.0 Å². The van der Waals surface area contributed by atoms with Gasteiger partial charge in [-0.1, -0.05) is 12.1 Å². The molecule has 5 rings (SSSR count). The van der Waals surface area contributed by atoms with Crippen molar-refractivity contribution in [3.05, 3.63) is 54.2 Å².